The number of halogens is 2. The maximum atomic E-state index is 13.6. The number of likely N-dealkylation sites (tertiary alicyclic amines) is 1. The van der Waals surface area contributed by atoms with Crippen LogP contribution in [-0.2, 0) is 11.8 Å². The number of fused-ring (bicyclic) bond motifs is 1. The summed E-state index contributed by atoms with van der Waals surface area (Å²) in [6.07, 6.45) is 5.71. The summed E-state index contributed by atoms with van der Waals surface area (Å²) in [5.41, 5.74) is 2.44. The zero-order valence-corrected chi connectivity index (χ0v) is 17.7. The molecular formula is C23H20F2N6O2. The summed E-state index contributed by atoms with van der Waals surface area (Å²) in [7, 11) is 1.84. The number of nitrogens with one attached hydrogen (secondary N) is 1. The van der Waals surface area contributed by atoms with Crippen molar-refractivity contribution < 1.29 is 18.4 Å². The van der Waals surface area contributed by atoms with Crippen molar-refractivity contribution >= 4 is 34.9 Å². The highest BCUT2D eigenvalue weighted by molar-refractivity contribution is 6.00. The topological polar surface area (TPSA) is 104 Å². The Morgan fingerprint density at radius 2 is 2.09 bits per heavy atom. The fraction of sp³-hybridized carbons (Fsp3) is 0.261. The van der Waals surface area contributed by atoms with Crippen LogP contribution < -0.4 is 5.32 Å². The van der Waals surface area contributed by atoms with Crippen molar-refractivity contribution in [3.63, 3.8) is 0 Å². The Balaban J connectivity index is 1.48. The molecule has 1 unspecified atom stereocenters. The minimum atomic E-state index is -3.11. The number of hydrogen-bond donors (Lipinski definition) is 1. The van der Waals surface area contributed by atoms with Crippen LogP contribution >= 0.6 is 0 Å². The van der Waals surface area contributed by atoms with E-state index in [0.29, 0.717) is 5.56 Å². The van der Waals surface area contributed by atoms with E-state index in [1.807, 2.05) is 31.3 Å². The molecule has 10 heteroatoms. The minimum Gasteiger partial charge on any atom is -0.343 e. The Morgan fingerprint density at radius 1 is 1.30 bits per heavy atom. The minimum absolute atomic E-state index is 0.262. The SMILES string of the molecule is Cn1nc(/C=C/c2cnccc2C(=O)NCC(=O)N2CC(F)(F)CC2C#N)c2ccccc21. The fourth-order valence-corrected chi connectivity index (χ4v) is 3.83. The summed E-state index contributed by atoms with van der Waals surface area (Å²) in [5.74, 6) is -4.41. The van der Waals surface area contributed by atoms with Gasteiger partial charge in [-0.25, -0.2) is 8.78 Å². The first-order chi connectivity index (χ1) is 15.8. The van der Waals surface area contributed by atoms with Gasteiger partial charge in [0.25, 0.3) is 11.8 Å². The highest BCUT2D eigenvalue weighted by Crippen LogP contribution is 2.31. The van der Waals surface area contributed by atoms with Crippen LogP contribution in [0.15, 0.2) is 42.7 Å². The Hall–Kier alpha value is -4.13. The zero-order valence-electron chi connectivity index (χ0n) is 17.7. The third-order valence-corrected chi connectivity index (χ3v) is 5.44. The van der Waals surface area contributed by atoms with Gasteiger partial charge in [0.1, 0.15) is 6.04 Å². The quantitative estimate of drug-likeness (QED) is 0.644. The molecule has 33 heavy (non-hydrogen) atoms. The molecule has 2 aromatic heterocycles. The maximum absolute atomic E-state index is 13.6. The Morgan fingerprint density at radius 3 is 2.88 bits per heavy atom. The van der Waals surface area contributed by atoms with Gasteiger partial charge in [-0.15, -0.1) is 0 Å². The highest BCUT2D eigenvalue weighted by Gasteiger charge is 2.47. The third-order valence-electron chi connectivity index (χ3n) is 5.44. The Kier molecular flexibility index (Phi) is 5.87. The summed E-state index contributed by atoms with van der Waals surface area (Å²) < 4.78 is 28.9. The van der Waals surface area contributed by atoms with Crippen LogP contribution in [0.5, 0.6) is 0 Å². The van der Waals surface area contributed by atoms with Crippen molar-refractivity contribution in [2.45, 2.75) is 18.4 Å². The molecule has 1 atom stereocenters. The molecule has 1 fully saturated rings. The first-order valence-electron chi connectivity index (χ1n) is 10.2. The van der Waals surface area contributed by atoms with Crippen molar-refractivity contribution in [1.82, 2.24) is 25.0 Å². The van der Waals surface area contributed by atoms with Gasteiger partial charge in [0.05, 0.1) is 30.4 Å². The van der Waals surface area contributed by atoms with E-state index < -0.39 is 43.3 Å². The molecule has 0 saturated carbocycles. The monoisotopic (exact) mass is 450 g/mol. The normalized spacial score (nSPS) is 17.4. The van der Waals surface area contributed by atoms with Gasteiger partial charge in [-0.1, -0.05) is 24.3 Å². The number of rotatable bonds is 5. The van der Waals surface area contributed by atoms with Crippen molar-refractivity contribution in [3.05, 3.63) is 59.5 Å². The molecule has 0 radical (unpaired) electrons. The Bertz CT molecular complexity index is 1290. The van der Waals surface area contributed by atoms with E-state index >= 15 is 0 Å². The van der Waals surface area contributed by atoms with E-state index in [4.69, 9.17) is 5.26 Å². The average Bonchev–Trinajstić information content (AvgIpc) is 3.31. The van der Waals surface area contributed by atoms with Crippen LogP contribution in [0.3, 0.4) is 0 Å². The number of alkyl halides is 2. The molecule has 1 saturated heterocycles. The predicted molar refractivity (Wildman–Crippen MR) is 117 cm³/mol. The van der Waals surface area contributed by atoms with Gasteiger partial charge in [-0.3, -0.25) is 19.3 Å². The number of hydrogen-bond acceptors (Lipinski definition) is 5. The number of nitrogens with zero attached hydrogens (tertiary/aromatic N) is 5. The number of nitriles is 1. The van der Waals surface area contributed by atoms with E-state index in [-0.39, 0.29) is 5.56 Å². The van der Waals surface area contributed by atoms with Crippen molar-refractivity contribution in [2.24, 2.45) is 7.05 Å². The second kappa shape index (κ2) is 8.78. The van der Waals surface area contributed by atoms with E-state index in [2.05, 4.69) is 15.4 Å². The molecule has 0 bridgehead atoms. The molecular weight excluding hydrogens is 430 g/mol. The van der Waals surface area contributed by atoms with Crippen LogP contribution in [-0.4, -0.2) is 56.5 Å². The van der Waals surface area contributed by atoms with Crippen molar-refractivity contribution in [3.8, 4) is 6.07 Å². The third kappa shape index (κ3) is 4.57. The van der Waals surface area contributed by atoms with Gasteiger partial charge in [0, 0.05) is 42.4 Å². The lowest BCUT2D eigenvalue weighted by Gasteiger charge is -2.19. The lowest BCUT2D eigenvalue weighted by Crippen LogP contribution is -2.43. The molecule has 2 amide bonds. The molecule has 0 spiro atoms. The van der Waals surface area contributed by atoms with Crippen LogP contribution in [0.4, 0.5) is 8.78 Å². The highest BCUT2D eigenvalue weighted by atomic mass is 19.3. The number of amides is 2. The number of carbonyl (C=O) groups excluding carboxylic acids is 2. The molecule has 168 valence electrons. The first kappa shape index (κ1) is 22.1. The molecule has 4 rings (SSSR count). The van der Waals surface area contributed by atoms with Crippen LogP contribution in [0.2, 0.25) is 0 Å². The summed E-state index contributed by atoms with van der Waals surface area (Å²) in [6.45, 7) is -1.33. The van der Waals surface area contributed by atoms with E-state index in [9.17, 15) is 18.4 Å². The largest absolute Gasteiger partial charge is 0.343 e. The summed E-state index contributed by atoms with van der Waals surface area (Å²) in [4.78, 5) is 29.9. The lowest BCUT2D eigenvalue weighted by molar-refractivity contribution is -0.131. The number of benzene rings is 1. The number of pyridine rings is 1. The molecule has 0 aliphatic carbocycles. The predicted octanol–water partition coefficient (Wildman–Crippen LogP) is 2.63. The number of para-hydroxylation sites is 1. The second-order valence-corrected chi connectivity index (χ2v) is 7.73. The number of aromatic nitrogens is 3. The van der Waals surface area contributed by atoms with Crippen molar-refractivity contribution in [2.75, 3.05) is 13.1 Å². The smallest absolute Gasteiger partial charge is 0.268 e. The standard InChI is InChI=1S/C23H20F2N6O2/c1-30-20-5-3-2-4-18(20)19(29-30)7-6-15-12-27-9-8-17(15)22(33)28-13-21(32)31-14-23(24,25)10-16(31)11-26/h2-9,12,16H,10,13-14H2,1H3,(H,28,33)/b7-6+. The van der Waals surface area contributed by atoms with E-state index in [1.165, 1.54) is 18.5 Å². The molecule has 3 aromatic rings. The fourth-order valence-electron chi connectivity index (χ4n) is 3.83. The maximum Gasteiger partial charge on any atom is 0.268 e. The summed E-state index contributed by atoms with van der Waals surface area (Å²) >= 11 is 0. The van der Waals surface area contributed by atoms with Gasteiger partial charge in [-0.05, 0) is 18.2 Å². The lowest BCUT2D eigenvalue weighted by atomic mass is 10.1. The first-order valence-corrected chi connectivity index (χ1v) is 10.2. The average molecular weight is 450 g/mol. The van der Waals surface area contributed by atoms with Gasteiger partial charge < -0.3 is 10.2 Å². The molecule has 1 aromatic carbocycles. The van der Waals surface area contributed by atoms with Gasteiger partial charge in [0.2, 0.25) is 5.91 Å². The molecule has 1 N–H and O–H groups in total. The second-order valence-electron chi connectivity index (χ2n) is 7.73. The van der Waals surface area contributed by atoms with Gasteiger partial charge >= 0.3 is 0 Å². The Labute approximate surface area is 188 Å². The molecule has 8 nitrogen and oxygen atoms in total. The van der Waals surface area contributed by atoms with Crippen LogP contribution in [0.1, 0.15) is 28.0 Å². The van der Waals surface area contributed by atoms with Crippen molar-refractivity contribution in [1.29, 1.82) is 5.26 Å². The summed E-state index contributed by atoms with van der Waals surface area (Å²) in [6, 6.07) is 9.73. The van der Waals surface area contributed by atoms with Gasteiger partial charge in [0.15, 0.2) is 0 Å². The van der Waals surface area contributed by atoms with E-state index in [0.717, 1.165) is 21.5 Å². The summed E-state index contributed by atoms with van der Waals surface area (Å²) in [5, 5.41) is 16.9. The number of carbonyl (C=O) groups is 2. The van der Waals surface area contributed by atoms with E-state index in [1.54, 1.807) is 22.9 Å². The molecule has 1 aliphatic heterocycles. The molecule has 3 heterocycles. The van der Waals surface area contributed by atoms with Gasteiger partial charge in [-0.2, -0.15) is 10.4 Å². The number of aryl methyl sites for hydroxylation is 1. The van der Waals surface area contributed by atoms with Crippen LogP contribution in [0, 0.1) is 11.3 Å². The zero-order chi connectivity index (χ0) is 23.6. The van der Waals surface area contributed by atoms with Crippen LogP contribution in [0.25, 0.3) is 23.1 Å². The molecule has 1 aliphatic rings.